The van der Waals surface area contributed by atoms with E-state index in [9.17, 15) is 0 Å². The first kappa shape index (κ1) is 12.9. The number of rotatable bonds is 4. The van der Waals surface area contributed by atoms with Gasteiger partial charge in [-0.2, -0.15) is 0 Å². The van der Waals surface area contributed by atoms with E-state index in [4.69, 9.17) is 4.42 Å². The maximum Gasteiger partial charge on any atom is 0.208 e. The summed E-state index contributed by atoms with van der Waals surface area (Å²) in [6.45, 7) is 5.07. The lowest BCUT2D eigenvalue weighted by Crippen LogP contribution is -2.48. The zero-order valence-corrected chi connectivity index (χ0v) is 12.7. The van der Waals surface area contributed by atoms with Crippen molar-refractivity contribution in [3.8, 4) is 0 Å². The summed E-state index contributed by atoms with van der Waals surface area (Å²) in [5.41, 5.74) is 0.345. The van der Waals surface area contributed by atoms with E-state index in [0.29, 0.717) is 11.5 Å². The standard InChI is InChI=1S/C17H26N2O/c1-11(2)18-10-16-19-9-15(20-16)17-6-12-3-13(7-17)5-14(4-12)8-17/h9,11-14,18H,3-8,10H2,1-2H3. The number of hydrogen-bond acceptors (Lipinski definition) is 3. The monoisotopic (exact) mass is 274 g/mol. The van der Waals surface area contributed by atoms with Crippen LogP contribution in [0.25, 0.3) is 0 Å². The molecule has 0 spiro atoms. The van der Waals surface area contributed by atoms with Crippen LogP contribution in [0.15, 0.2) is 10.6 Å². The molecule has 1 aromatic heterocycles. The Morgan fingerprint density at radius 2 is 1.80 bits per heavy atom. The van der Waals surface area contributed by atoms with Crippen LogP contribution in [0.3, 0.4) is 0 Å². The van der Waals surface area contributed by atoms with Crippen molar-refractivity contribution in [2.24, 2.45) is 17.8 Å². The molecule has 0 aliphatic heterocycles. The van der Waals surface area contributed by atoms with Gasteiger partial charge in [-0.05, 0) is 56.3 Å². The maximum atomic E-state index is 6.15. The lowest BCUT2D eigenvalue weighted by Gasteiger charge is -2.55. The Bertz CT molecular complexity index is 456. The number of aromatic nitrogens is 1. The number of hydrogen-bond donors (Lipinski definition) is 1. The Labute approximate surface area is 121 Å². The second-order valence-electron chi connectivity index (χ2n) is 7.85. The molecule has 3 nitrogen and oxygen atoms in total. The second-order valence-corrected chi connectivity index (χ2v) is 7.85. The van der Waals surface area contributed by atoms with E-state index >= 15 is 0 Å². The van der Waals surface area contributed by atoms with Gasteiger partial charge in [0.15, 0.2) is 0 Å². The summed E-state index contributed by atoms with van der Waals surface area (Å²) < 4.78 is 6.15. The molecule has 0 aromatic carbocycles. The summed E-state index contributed by atoms with van der Waals surface area (Å²) in [6.07, 6.45) is 10.5. The molecule has 4 bridgehead atoms. The minimum atomic E-state index is 0.345. The highest BCUT2D eigenvalue weighted by Crippen LogP contribution is 2.60. The first-order chi connectivity index (χ1) is 9.63. The summed E-state index contributed by atoms with van der Waals surface area (Å²) in [5.74, 6) is 4.94. The van der Waals surface area contributed by atoms with E-state index in [1.54, 1.807) is 0 Å². The minimum Gasteiger partial charge on any atom is -0.444 e. The second kappa shape index (κ2) is 4.59. The summed E-state index contributed by atoms with van der Waals surface area (Å²) >= 11 is 0. The lowest BCUT2D eigenvalue weighted by molar-refractivity contribution is -0.0156. The van der Waals surface area contributed by atoms with Gasteiger partial charge < -0.3 is 9.73 Å². The average Bonchev–Trinajstić information content (AvgIpc) is 2.84. The molecule has 3 heteroatoms. The fourth-order valence-corrected chi connectivity index (χ4v) is 5.34. The van der Waals surface area contributed by atoms with E-state index in [1.807, 2.05) is 6.20 Å². The zero-order chi connectivity index (χ0) is 13.7. The minimum absolute atomic E-state index is 0.345. The van der Waals surface area contributed by atoms with Gasteiger partial charge in [0.05, 0.1) is 12.7 Å². The van der Waals surface area contributed by atoms with E-state index in [-0.39, 0.29) is 0 Å². The molecular weight excluding hydrogens is 248 g/mol. The van der Waals surface area contributed by atoms with E-state index < -0.39 is 0 Å². The summed E-state index contributed by atoms with van der Waals surface area (Å²) in [5, 5.41) is 3.39. The smallest absolute Gasteiger partial charge is 0.208 e. The van der Waals surface area contributed by atoms with Crippen molar-refractivity contribution in [1.29, 1.82) is 0 Å². The zero-order valence-electron chi connectivity index (χ0n) is 12.7. The highest BCUT2D eigenvalue weighted by atomic mass is 16.4. The van der Waals surface area contributed by atoms with Crippen molar-refractivity contribution in [1.82, 2.24) is 10.3 Å². The molecule has 4 aliphatic carbocycles. The molecule has 0 saturated heterocycles. The van der Waals surface area contributed by atoms with Crippen molar-refractivity contribution in [3.63, 3.8) is 0 Å². The molecule has 5 rings (SSSR count). The topological polar surface area (TPSA) is 38.1 Å². The van der Waals surface area contributed by atoms with E-state index in [2.05, 4.69) is 24.1 Å². The molecule has 110 valence electrons. The molecule has 0 amide bonds. The first-order valence-corrected chi connectivity index (χ1v) is 8.31. The fourth-order valence-electron chi connectivity index (χ4n) is 5.34. The van der Waals surface area contributed by atoms with Crippen LogP contribution in [0.1, 0.15) is 64.0 Å². The number of oxazole rings is 1. The van der Waals surface area contributed by atoms with Gasteiger partial charge in [0.25, 0.3) is 0 Å². The van der Waals surface area contributed by atoms with Crippen LogP contribution >= 0.6 is 0 Å². The van der Waals surface area contributed by atoms with E-state index in [1.165, 1.54) is 44.3 Å². The number of nitrogens with one attached hydrogen (secondary N) is 1. The normalized spacial score (nSPS) is 38.9. The predicted molar refractivity (Wildman–Crippen MR) is 78.3 cm³/mol. The van der Waals surface area contributed by atoms with Crippen molar-refractivity contribution in [2.75, 3.05) is 0 Å². The SMILES string of the molecule is CC(C)NCc1ncc(C23CC4CC(CC(C4)C2)C3)o1. The fraction of sp³-hybridized carbons (Fsp3) is 0.824. The van der Waals surface area contributed by atoms with Crippen LogP contribution in [0, 0.1) is 17.8 Å². The van der Waals surface area contributed by atoms with Crippen molar-refractivity contribution < 1.29 is 4.42 Å². The molecule has 4 fully saturated rings. The predicted octanol–water partition coefficient (Wildman–Crippen LogP) is 3.64. The maximum absolute atomic E-state index is 6.15. The Morgan fingerprint density at radius 1 is 1.20 bits per heavy atom. The van der Waals surface area contributed by atoms with Gasteiger partial charge in [-0.15, -0.1) is 0 Å². The van der Waals surface area contributed by atoms with Crippen LogP contribution in [-0.2, 0) is 12.0 Å². The molecule has 1 heterocycles. The Kier molecular flexibility index (Phi) is 2.95. The molecule has 0 unspecified atom stereocenters. The Morgan fingerprint density at radius 3 is 2.35 bits per heavy atom. The molecular formula is C17H26N2O. The lowest BCUT2D eigenvalue weighted by atomic mass is 9.49. The van der Waals surface area contributed by atoms with Crippen LogP contribution < -0.4 is 5.32 Å². The van der Waals surface area contributed by atoms with Crippen LogP contribution in [0.2, 0.25) is 0 Å². The third-order valence-corrected chi connectivity index (χ3v) is 5.78. The quantitative estimate of drug-likeness (QED) is 0.911. The van der Waals surface area contributed by atoms with Crippen LogP contribution in [0.4, 0.5) is 0 Å². The van der Waals surface area contributed by atoms with Crippen LogP contribution in [-0.4, -0.2) is 11.0 Å². The molecule has 0 atom stereocenters. The Hall–Kier alpha value is -0.830. The van der Waals surface area contributed by atoms with Gasteiger partial charge in [-0.1, -0.05) is 13.8 Å². The molecule has 4 saturated carbocycles. The van der Waals surface area contributed by atoms with Crippen molar-refractivity contribution in [2.45, 2.75) is 70.4 Å². The van der Waals surface area contributed by atoms with Gasteiger partial charge in [0.2, 0.25) is 5.89 Å². The molecule has 1 aromatic rings. The van der Waals surface area contributed by atoms with Gasteiger partial charge >= 0.3 is 0 Å². The van der Waals surface area contributed by atoms with Gasteiger partial charge in [0.1, 0.15) is 5.76 Å². The van der Waals surface area contributed by atoms with Gasteiger partial charge in [-0.25, -0.2) is 4.98 Å². The average molecular weight is 274 g/mol. The highest BCUT2D eigenvalue weighted by Gasteiger charge is 2.53. The van der Waals surface area contributed by atoms with E-state index in [0.717, 1.165) is 30.2 Å². The third kappa shape index (κ3) is 2.11. The molecule has 1 N–H and O–H groups in total. The first-order valence-electron chi connectivity index (χ1n) is 8.31. The largest absolute Gasteiger partial charge is 0.444 e. The molecule has 20 heavy (non-hydrogen) atoms. The Balaban J connectivity index is 1.55. The summed E-state index contributed by atoms with van der Waals surface area (Å²) in [6, 6.07) is 0.477. The molecule has 4 aliphatic rings. The van der Waals surface area contributed by atoms with Gasteiger partial charge in [-0.3, -0.25) is 0 Å². The summed E-state index contributed by atoms with van der Waals surface area (Å²) in [4.78, 5) is 4.52. The third-order valence-electron chi connectivity index (χ3n) is 5.78. The highest BCUT2D eigenvalue weighted by molar-refractivity contribution is 5.19. The van der Waals surface area contributed by atoms with Crippen molar-refractivity contribution >= 4 is 0 Å². The van der Waals surface area contributed by atoms with Crippen LogP contribution in [0.5, 0.6) is 0 Å². The van der Waals surface area contributed by atoms with Crippen molar-refractivity contribution in [3.05, 3.63) is 17.8 Å². The molecule has 0 radical (unpaired) electrons. The number of nitrogens with zero attached hydrogens (tertiary/aromatic N) is 1. The summed E-state index contributed by atoms with van der Waals surface area (Å²) in [7, 11) is 0. The van der Waals surface area contributed by atoms with Gasteiger partial charge in [0, 0.05) is 11.5 Å².